The molecular weight excluding hydrogens is 314 g/mol. The van der Waals surface area contributed by atoms with Crippen molar-refractivity contribution in [1.29, 1.82) is 0 Å². The highest BCUT2D eigenvalue weighted by Crippen LogP contribution is 2.28. The maximum absolute atomic E-state index is 12.1. The summed E-state index contributed by atoms with van der Waals surface area (Å²) in [4.78, 5) is 27.1. The summed E-state index contributed by atoms with van der Waals surface area (Å²) in [5.74, 6) is -0.250. The van der Waals surface area contributed by atoms with E-state index in [2.05, 4.69) is 15.5 Å². The monoisotopic (exact) mass is 337 g/mol. The van der Waals surface area contributed by atoms with Gasteiger partial charge in [-0.15, -0.1) is 11.3 Å². The third kappa shape index (κ3) is 4.53. The number of imide groups is 1. The summed E-state index contributed by atoms with van der Waals surface area (Å²) in [6, 6.07) is 3.77. The van der Waals surface area contributed by atoms with Crippen LogP contribution in [0.3, 0.4) is 0 Å². The molecule has 2 fully saturated rings. The first-order valence-corrected chi connectivity index (χ1v) is 9.06. The number of urea groups is 1. The van der Waals surface area contributed by atoms with E-state index in [-0.39, 0.29) is 18.6 Å². The number of nitrogens with one attached hydrogen (secondary N) is 2. The number of hydrogen-bond donors (Lipinski definition) is 2. The average molecular weight is 337 g/mol. The molecule has 0 radical (unpaired) electrons. The molecule has 0 spiro atoms. The van der Waals surface area contributed by atoms with Crippen LogP contribution in [0.2, 0.25) is 0 Å². The smallest absolute Gasteiger partial charge is 0.321 e. The van der Waals surface area contributed by atoms with Crippen molar-refractivity contribution in [1.82, 2.24) is 15.5 Å². The molecule has 2 N–H and O–H groups in total. The number of carbonyl (C=O) groups excluding carboxylic acids is 2. The number of fused-ring (bicyclic) bond motifs is 1. The molecule has 6 nitrogen and oxygen atoms in total. The number of carbonyl (C=O) groups is 2. The molecule has 0 aromatic carbocycles. The summed E-state index contributed by atoms with van der Waals surface area (Å²) in [6.45, 7) is 2.13. The average Bonchev–Trinajstić information content (AvgIpc) is 3.07. The maximum atomic E-state index is 12.1. The van der Waals surface area contributed by atoms with Gasteiger partial charge in [0.15, 0.2) is 0 Å². The van der Waals surface area contributed by atoms with Crippen molar-refractivity contribution < 1.29 is 14.3 Å². The molecule has 0 bridgehead atoms. The second-order valence-electron chi connectivity index (χ2n) is 6.04. The van der Waals surface area contributed by atoms with Crippen molar-refractivity contribution >= 4 is 23.3 Å². The lowest BCUT2D eigenvalue weighted by Crippen LogP contribution is -2.55. The number of nitrogens with zero attached hydrogens (tertiary/aromatic N) is 1. The van der Waals surface area contributed by atoms with E-state index in [9.17, 15) is 9.59 Å². The van der Waals surface area contributed by atoms with Gasteiger partial charge < -0.3 is 10.1 Å². The Morgan fingerprint density at radius 1 is 1.35 bits per heavy atom. The summed E-state index contributed by atoms with van der Waals surface area (Å²) in [5, 5.41) is 7.08. The molecule has 3 amide bonds. The van der Waals surface area contributed by atoms with E-state index in [0.29, 0.717) is 19.2 Å². The molecule has 2 aliphatic rings. The van der Waals surface area contributed by atoms with Crippen LogP contribution in [0.25, 0.3) is 0 Å². The van der Waals surface area contributed by atoms with Gasteiger partial charge in [-0.3, -0.25) is 15.0 Å². The van der Waals surface area contributed by atoms with Gasteiger partial charge in [0.25, 0.3) is 0 Å². The first-order chi connectivity index (χ1) is 11.2. The predicted octanol–water partition coefficient (Wildman–Crippen LogP) is 1.72. The molecule has 126 valence electrons. The second-order valence-corrected chi connectivity index (χ2v) is 7.07. The highest BCUT2D eigenvalue weighted by molar-refractivity contribution is 7.09. The molecule has 1 aromatic rings. The molecular formula is C16H23N3O3S. The van der Waals surface area contributed by atoms with Crippen LogP contribution in [0.15, 0.2) is 17.5 Å². The third-order valence-electron chi connectivity index (χ3n) is 4.45. The highest BCUT2D eigenvalue weighted by Gasteiger charge is 2.34. The number of thiophene rings is 1. The van der Waals surface area contributed by atoms with Crippen LogP contribution in [0, 0.1) is 0 Å². The van der Waals surface area contributed by atoms with Gasteiger partial charge >= 0.3 is 6.03 Å². The minimum Gasteiger partial charge on any atom is -0.375 e. The van der Waals surface area contributed by atoms with Crippen molar-refractivity contribution in [2.24, 2.45) is 0 Å². The fraction of sp³-hybridized carbons (Fsp3) is 0.625. The van der Waals surface area contributed by atoms with Crippen LogP contribution >= 0.6 is 11.3 Å². The number of morpholine rings is 1. The fourth-order valence-electron chi connectivity index (χ4n) is 3.35. The van der Waals surface area contributed by atoms with Crippen molar-refractivity contribution in [2.75, 3.05) is 19.7 Å². The van der Waals surface area contributed by atoms with Crippen LogP contribution in [0.1, 0.15) is 30.6 Å². The van der Waals surface area contributed by atoms with Gasteiger partial charge in [0.2, 0.25) is 5.91 Å². The molecule has 2 heterocycles. The third-order valence-corrected chi connectivity index (χ3v) is 5.33. The maximum Gasteiger partial charge on any atom is 0.321 e. The lowest BCUT2D eigenvalue weighted by atomic mass is 9.90. The number of amides is 3. The summed E-state index contributed by atoms with van der Waals surface area (Å²) < 4.78 is 5.80. The predicted molar refractivity (Wildman–Crippen MR) is 88.3 cm³/mol. The highest BCUT2D eigenvalue weighted by atomic mass is 32.1. The SMILES string of the molecule is O=C(CN1CCO[C@@H]2CCCC[C@@H]21)NC(=O)NCc1cccs1. The topological polar surface area (TPSA) is 70.7 Å². The largest absolute Gasteiger partial charge is 0.375 e. The van der Waals surface area contributed by atoms with E-state index in [0.717, 1.165) is 24.3 Å². The van der Waals surface area contributed by atoms with Crippen LogP contribution in [0.4, 0.5) is 4.79 Å². The summed E-state index contributed by atoms with van der Waals surface area (Å²) >= 11 is 1.58. The fourth-order valence-corrected chi connectivity index (χ4v) is 3.99. The molecule has 3 rings (SSSR count). The Labute approximate surface area is 140 Å². The van der Waals surface area contributed by atoms with Crippen molar-refractivity contribution in [3.05, 3.63) is 22.4 Å². The van der Waals surface area contributed by atoms with E-state index < -0.39 is 6.03 Å². The molecule has 1 aromatic heterocycles. The molecule has 0 unspecified atom stereocenters. The Morgan fingerprint density at radius 3 is 3.04 bits per heavy atom. The lowest BCUT2D eigenvalue weighted by Gasteiger charge is -2.43. The molecule has 1 aliphatic carbocycles. The zero-order valence-electron chi connectivity index (χ0n) is 13.1. The Bertz CT molecular complexity index is 533. The Hall–Kier alpha value is -1.44. The quantitative estimate of drug-likeness (QED) is 0.878. The zero-order chi connectivity index (χ0) is 16.1. The van der Waals surface area contributed by atoms with Crippen molar-refractivity contribution in [3.8, 4) is 0 Å². The van der Waals surface area contributed by atoms with E-state index in [1.54, 1.807) is 11.3 Å². The Morgan fingerprint density at radius 2 is 2.22 bits per heavy atom. The Balaban J connectivity index is 1.43. The van der Waals surface area contributed by atoms with Gasteiger partial charge in [-0.2, -0.15) is 0 Å². The number of hydrogen-bond acceptors (Lipinski definition) is 5. The van der Waals surface area contributed by atoms with Crippen molar-refractivity contribution in [2.45, 2.75) is 44.4 Å². The first kappa shape index (κ1) is 16.4. The van der Waals surface area contributed by atoms with Gasteiger partial charge in [0.1, 0.15) is 0 Å². The standard InChI is InChI=1S/C16H23N3O3S/c20-15(18-16(21)17-10-12-4-3-9-23-12)11-19-7-8-22-14-6-2-1-5-13(14)19/h3-4,9,13-14H,1-2,5-8,10-11H2,(H2,17,18,20,21)/t13-,14+/m0/s1. The normalized spacial score (nSPS) is 24.7. The molecule has 2 atom stereocenters. The van der Waals surface area contributed by atoms with Crippen LogP contribution < -0.4 is 10.6 Å². The molecule has 7 heteroatoms. The minimum absolute atomic E-state index is 0.248. The molecule has 23 heavy (non-hydrogen) atoms. The van der Waals surface area contributed by atoms with Crippen LogP contribution in [-0.2, 0) is 16.1 Å². The van der Waals surface area contributed by atoms with E-state index in [1.165, 1.54) is 12.8 Å². The Kier molecular flexibility index (Phi) is 5.64. The van der Waals surface area contributed by atoms with E-state index >= 15 is 0 Å². The summed E-state index contributed by atoms with van der Waals surface area (Å²) in [5.41, 5.74) is 0. The van der Waals surface area contributed by atoms with Crippen molar-refractivity contribution in [3.63, 3.8) is 0 Å². The molecule has 1 saturated carbocycles. The van der Waals surface area contributed by atoms with Crippen LogP contribution in [-0.4, -0.2) is 48.7 Å². The first-order valence-electron chi connectivity index (χ1n) is 8.18. The van der Waals surface area contributed by atoms with Gasteiger partial charge in [0.05, 0.1) is 25.8 Å². The van der Waals surface area contributed by atoms with Crippen LogP contribution in [0.5, 0.6) is 0 Å². The lowest BCUT2D eigenvalue weighted by molar-refractivity contribution is -0.128. The van der Waals surface area contributed by atoms with E-state index in [4.69, 9.17) is 4.74 Å². The molecule has 1 saturated heterocycles. The summed E-state index contributed by atoms with van der Waals surface area (Å²) in [7, 11) is 0. The number of rotatable bonds is 4. The van der Waals surface area contributed by atoms with Gasteiger partial charge in [0, 0.05) is 17.5 Å². The summed E-state index contributed by atoms with van der Waals surface area (Å²) in [6.07, 6.45) is 4.78. The zero-order valence-corrected chi connectivity index (χ0v) is 13.9. The second kappa shape index (κ2) is 7.90. The van der Waals surface area contributed by atoms with Gasteiger partial charge in [-0.05, 0) is 24.3 Å². The minimum atomic E-state index is -0.433. The van der Waals surface area contributed by atoms with E-state index in [1.807, 2.05) is 17.5 Å². The van der Waals surface area contributed by atoms with Gasteiger partial charge in [-0.25, -0.2) is 4.79 Å². The van der Waals surface area contributed by atoms with Gasteiger partial charge in [-0.1, -0.05) is 18.9 Å². The molecule has 1 aliphatic heterocycles. The number of ether oxygens (including phenoxy) is 1.